The molecule has 0 aliphatic rings. The minimum Gasteiger partial charge on any atom is -0.481 e. The van der Waals surface area contributed by atoms with Gasteiger partial charge in [0, 0.05) is 19.2 Å². The molecular weight excluding hydrogens is 254 g/mol. The number of aliphatic carboxylic acids is 1. The highest BCUT2D eigenvalue weighted by Gasteiger charge is 2.18. The molecule has 110 valence electrons. The number of carboxylic acids is 1. The molecule has 4 nitrogen and oxygen atoms in total. The molecule has 0 radical (unpaired) electrons. The summed E-state index contributed by atoms with van der Waals surface area (Å²) in [6, 6.07) is 7.57. The lowest BCUT2D eigenvalue weighted by atomic mass is 10.1. The van der Waals surface area contributed by atoms with Gasteiger partial charge in [-0.25, -0.2) is 0 Å². The Hall–Kier alpha value is -1.84. The van der Waals surface area contributed by atoms with E-state index in [-0.39, 0.29) is 12.5 Å². The molecule has 0 aromatic heterocycles. The van der Waals surface area contributed by atoms with Crippen molar-refractivity contribution in [3.63, 3.8) is 0 Å². The van der Waals surface area contributed by atoms with E-state index in [2.05, 4.69) is 6.92 Å². The molecule has 0 aliphatic carbocycles. The predicted octanol–water partition coefficient (Wildman–Crippen LogP) is 2.82. The Kier molecular flexibility index (Phi) is 6.22. The molecule has 4 heteroatoms. The molecule has 1 unspecified atom stereocenters. The summed E-state index contributed by atoms with van der Waals surface area (Å²) in [5, 5.41) is 8.86. The van der Waals surface area contributed by atoms with Crippen LogP contribution in [0.25, 0.3) is 0 Å². The van der Waals surface area contributed by atoms with Gasteiger partial charge in [0.25, 0.3) is 5.91 Å². The molecule has 0 bridgehead atoms. The van der Waals surface area contributed by atoms with Gasteiger partial charge in [-0.05, 0) is 30.5 Å². The van der Waals surface area contributed by atoms with Crippen LogP contribution in [0.5, 0.6) is 0 Å². The minimum absolute atomic E-state index is 0.139. The second kappa shape index (κ2) is 7.68. The van der Waals surface area contributed by atoms with E-state index in [4.69, 9.17) is 5.11 Å². The molecule has 1 aromatic rings. The number of amides is 1. The summed E-state index contributed by atoms with van der Waals surface area (Å²) in [4.78, 5) is 24.4. The van der Waals surface area contributed by atoms with E-state index < -0.39 is 11.9 Å². The number of hydrogen-bond acceptors (Lipinski definition) is 2. The number of aryl methyl sites for hydroxylation is 1. The topological polar surface area (TPSA) is 57.6 Å². The van der Waals surface area contributed by atoms with Gasteiger partial charge in [0.05, 0.1) is 5.92 Å². The van der Waals surface area contributed by atoms with Gasteiger partial charge in [-0.15, -0.1) is 0 Å². The third-order valence-corrected chi connectivity index (χ3v) is 3.34. The van der Waals surface area contributed by atoms with Crippen molar-refractivity contribution in [2.75, 3.05) is 13.6 Å². The molecule has 1 N–H and O–H groups in total. The average Bonchev–Trinajstić information content (AvgIpc) is 2.44. The number of rotatable bonds is 7. The number of hydrogen-bond donors (Lipinski definition) is 1. The monoisotopic (exact) mass is 277 g/mol. The lowest BCUT2D eigenvalue weighted by Crippen LogP contribution is -2.33. The summed E-state index contributed by atoms with van der Waals surface area (Å²) in [7, 11) is 1.63. The maximum absolute atomic E-state index is 12.2. The normalized spacial score (nSPS) is 11.9. The van der Waals surface area contributed by atoms with Crippen molar-refractivity contribution in [1.82, 2.24) is 4.90 Å². The fraction of sp³-hybridized carbons (Fsp3) is 0.500. The fourth-order valence-corrected chi connectivity index (χ4v) is 1.99. The van der Waals surface area contributed by atoms with Crippen molar-refractivity contribution in [3.8, 4) is 0 Å². The minimum atomic E-state index is -0.889. The van der Waals surface area contributed by atoms with Gasteiger partial charge in [0.15, 0.2) is 0 Å². The van der Waals surface area contributed by atoms with Crippen molar-refractivity contribution in [2.24, 2.45) is 5.92 Å². The van der Waals surface area contributed by atoms with Crippen LogP contribution in [0.1, 0.15) is 42.6 Å². The summed E-state index contributed by atoms with van der Waals surface area (Å²) in [6.45, 7) is 3.96. The summed E-state index contributed by atoms with van der Waals surface area (Å²) in [6.07, 6.45) is 3.32. The third-order valence-electron chi connectivity index (χ3n) is 3.34. The molecule has 0 fully saturated rings. The van der Waals surface area contributed by atoms with E-state index in [0.717, 1.165) is 19.3 Å². The SMILES string of the molecule is CCCCc1ccc(C(=O)N(C)CC(C)C(=O)O)cc1. The Balaban J connectivity index is 2.64. The highest BCUT2D eigenvalue weighted by molar-refractivity contribution is 5.94. The number of unbranched alkanes of at least 4 members (excludes halogenated alkanes) is 1. The van der Waals surface area contributed by atoms with E-state index >= 15 is 0 Å². The predicted molar refractivity (Wildman–Crippen MR) is 78.8 cm³/mol. The molecule has 1 atom stereocenters. The quantitative estimate of drug-likeness (QED) is 0.833. The van der Waals surface area contributed by atoms with Gasteiger partial charge in [-0.1, -0.05) is 32.4 Å². The van der Waals surface area contributed by atoms with Gasteiger partial charge in [0.2, 0.25) is 0 Å². The zero-order valence-corrected chi connectivity index (χ0v) is 12.4. The number of benzene rings is 1. The van der Waals surface area contributed by atoms with E-state index in [0.29, 0.717) is 5.56 Å². The number of carboxylic acid groups (broad SMARTS) is 1. The van der Waals surface area contributed by atoms with Crippen LogP contribution in [0.2, 0.25) is 0 Å². The zero-order chi connectivity index (χ0) is 15.1. The first kappa shape index (κ1) is 16.2. The van der Waals surface area contributed by atoms with Crippen LogP contribution in [0.3, 0.4) is 0 Å². The van der Waals surface area contributed by atoms with Gasteiger partial charge in [-0.3, -0.25) is 9.59 Å². The van der Waals surface area contributed by atoms with Crippen molar-refractivity contribution in [3.05, 3.63) is 35.4 Å². The fourth-order valence-electron chi connectivity index (χ4n) is 1.99. The summed E-state index contributed by atoms with van der Waals surface area (Å²) in [5.74, 6) is -1.59. The van der Waals surface area contributed by atoms with Crippen LogP contribution in [-0.4, -0.2) is 35.5 Å². The van der Waals surface area contributed by atoms with Crippen molar-refractivity contribution >= 4 is 11.9 Å². The maximum atomic E-state index is 12.2. The standard InChI is InChI=1S/C16H23NO3/c1-4-5-6-13-7-9-14(10-8-13)15(18)17(3)11-12(2)16(19)20/h7-10,12H,4-6,11H2,1-3H3,(H,19,20). The number of carbonyl (C=O) groups is 2. The van der Waals surface area contributed by atoms with Crippen LogP contribution in [-0.2, 0) is 11.2 Å². The Bertz CT molecular complexity index is 453. The Morgan fingerprint density at radius 1 is 1.25 bits per heavy atom. The van der Waals surface area contributed by atoms with Gasteiger partial charge in [-0.2, -0.15) is 0 Å². The molecular formula is C16H23NO3. The Morgan fingerprint density at radius 3 is 2.35 bits per heavy atom. The Labute approximate surface area is 120 Å². The van der Waals surface area contributed by atoms with E-state index in [1.165, 1.54) is 10.5 Å². The first-order valence-electron chi connectivity index (χ1n) is 7.03. The smallest absolute Gasteiger partial charge is 0.308 e. The van der Waals surface area contributed by atoms with Gasteiger partial charge >= 0.3 is 5.97 Å². The van der Waals surface area contributed by atoms with E-state index in [9.17, 15) is 9.59 Å². The number of nitrogens with zero attached hydrogens (tertiary/aromatic N) is 1. The zero-order valence-electron chi connectivity index (χ0n) is 12.4. The molecule has 0 saturated carbocycles. The van der Waals surface area contributed by atoms with Gasteiger partial charge in [0.1, 0.15) is 0 Å². The molecule has 0 saturated heterocycles. The largest absolute Gasteiger partial charge is 0.481 e. The lowest BCUT2D eigenvalue weighted by Gasteiger charge is -2.19. The van der Waals surface area contributed by atoms with Crippen LogP contribution in [0.15, 0.2) is 24.3 Å². The first-order valence-corrected chi connectivity index (χ1v) is 7.03. The second-order valence-corrected chi connectivity index (χ2v) is 5.23. The summed E-state index contributed by atoms with van der Waals surface area (Å²) < 4.78 is 0. The van der Waals surface area contributed by atoms with Crippen molar-refractivity contribution in [2.45, 2.75) is 33.1 Å². The van der Waals surface area contributed by atoms with E-state index in [1.807, 2.05) is 24.3 Å². The van der Waals surface area contributed by atoms with Crippen LogP contribution >= 0.6 is 0 Å². The van der Waals surface area contributed by atoms with Gasteiger partial charge < -0.3 is 10.0 Å². The molecule has 0 aliphatic heterocycles. The van der Waals surface area contributed by atoms with E-state index in [1.54, 1.807) is 14.0 Å². The molecule has 1 amide bonds. The summed E-state index contributed by atoms with van der Waals surface area (Å²) >= 11 is 0. The van der Waals surface area contributed by atoms with Crippen molar-refractivity contribution in [1.29, 1.82) is 0 Å². The highest BCUT2D eigenvalue weighted by atomic mass is 16.4. The number of carbonyl (C=O) groups excluding carboxylic acids is 1. The van der Waals surface area contributed by atoms with Crippen molar-refractivity contribution < 1.29 is 14.7 Å². The molecule has 0 spiro atoms. The molecule has 0 heterocycles. The molecule has 1 rings (SSSR count). The summed E-state index contributed by atoms with van der Waals surface area (Å²) in [5.41, 5.74) is 1.83. The highest BCUT2D eigenvalue weighted by Crippen LogP contribution is 2.10. The van der Waals surface area contributed by atoms with Crippen LogP contribution in [0.4, 0.5) is 0 Å². The first-order chi connectivity index (χ1) is 9.45. The molecule has 1 aromatic carbocycles. The van der Waals surface area contributed by atoms with Crippen LogP contribution < -0.4 is 0 Å². The lowest BCUT2D eigenvalue weighted by molar-refractivity contribution is -0.141. The second-order valence-electron chi connectivity index (χ2n) is 5.23. The Morgan fingerprint density at radius 2 is 1.85 bits per heavy atom. The van der Waals surface area contributed by atoms with Crippen LogP contribution in [0, 0.1) is 5.92 Å². The average molecular weight is 277 g/mol. The maximum Gasteiger partial charge on any atom is 0.308 e. The molecule has 20 heavy (non-hydrogen) atoms. The third kappa shape index (κ3) is 4.68.